The fraction of sp³-hybridized carbons (Fsp3) is 0.667. The van der Waals surface area contributed by atoms with Crippen molar-refractivity contribution in [3.05, 3.63) is 34.6 Å². The average Bonchev–Trinajstić information content (AvgIpc) is 3.02. The first-order chi connectivity index (χ1) is 9.98. The molecule has 3 rings (SSSR count). The Hall–Kier alpha value is -0.600. The van der Waals surface area contributed by atoms with Gasteiger partial charge in [0.2, 0.25) is 0 Å². The molecule has 1 N–H and O–H groups in total. The van der Waals surface area contributed by atoms with Crippen LogP contribution in [0.4, 0.5) is 4.39 Å². The highest BCUT2D eigenvalue weighted by Crippen LogP contribution is 2.57. The molecule has 2 aliphatic rings. The minimum absolute atomic E-state index is 0.252. The van der Waals surface area contributed by atoms with Crippen LogP contribution in [-0.4, -0.2) is 12.6 Å². The normalized spacial score (nSPS) is 31.3. The Bertz CT molecular complexity index is 516. The zero-order chi connectivity index (χ0) is 15.0. The van der Waals surface area contributed by atoms with Gasteiger partial charge in [0.15, 0.2) is 0 Å². The van der Waals surface area contributed by atoms with E-state index in [9.17, 15) is 4.39 Å². The summed E-state index contributed by atoms with van der Waals surface area (Å²) in [6.07, 6.45) is 6.48. The van der Waals surface area contributed by atoms with Gasteiger partial charge < -0.3 is 5.32 Å². The van der Waals surface area contributed by atoms with Crippen molar-refractivity contribution in [1.29, 1.82) is 0 Å². The first kappa shape index (κ1) is 15.3. The predicted octanol–water partition coefficient (Wildman–Crippen LogP) is 4.83. The highest BCUT2D eigenvalue weighted by atomic mass is 35.5. The number of fused-ring (bicyclic) bond motifs is 2. The molecule has 0 aromatic heterocycles. The molecule has 21 heavy (non-hydrogen) atoms. The van der Waals surface area contributed by atoms with Crippen LogP contribution in [0.25, 0.3) is 0 Å². The smallest absolute Gasteiger partial charge is 0.141 e. The first-order valence-electron chi connectivity index (χ1n) is 8.16. The SMILES string of the molecule is CC(C)NCC1(Cc2ccc(F)c(Cl)c2)CC2CCC1C2. The molecule has 1 aromatic rings. The Kier molecular flexibility index (Phi) is 4.29. The van der Waals surface area contributed by atoms with Crippen LogP contribution in [0.5, 0.6) is 0 Å². The molecule has 2 fully saturated rings. The van der Waals surface area contributed by atoms with Crippen molar-refractivity contribution in [2.45, 2.75) is 52.0 Å². The van der Waals surface area contributed by atoms with E-state index in [0.29, 0.717) is 11.5 Å². The predicted molar refractivity (Wildman–Crippen MR) is 86.1 cm³/mol. The van der Waals surface area contributed by atoms with E-state index in [2.05, 4.69) is 19.2 Å². The fourth-order valence-electron chi connectivity index (χ4n) is 4.52. The standard InChI is InChI=1S/C18H25ClFN/c1-12(2)21-11-18(9-13-3-5-15(18)7-13)10-14-4-6-17(20)16(19)8-14/h4,6,8,12-13,15,21H,3,5,7,9-11H2,1-2H3. The summed E-state index contributed by atoms with van der Waals surface area (Å²) in [5, 5.41) is 3.90. The summed E-state index contributed by atoms with van der Waals surface area (Å²) in [5.74, 6) is 1.40. The quantitative estimate of drug-likeness (QED) is 0.821. The van der Waals surface area contributed by atoms with Gasteiger partial charge in [0.1, 0.15) is 5.82 Å². The van der Waals surface area contributed by atoms with Crippen molar-refractivity contribution in [3.63, 3.8) is 0 Å². The zero-order valence-corrected chi connectivity index (χ0v) is 13.7. The second kappa shape index (κ2) is 5.89. The van der Waals surface area contributed by atoms with Gasteiger partial charge in [0.25, 0.3) is 0 Å². The van der Waals surface area contributed by atoms with Crippen LogP contribution in [-0.2, 0) is 6.42 Å². The monoisotopic (exact) mass is 309 g/mol. The topological polar surface area (TPSA) is 12.0 Å². The molecule has 3 unspecified atom stereocenters. The van der Waals surface area contributed by atoms with Gasteiger partial charge in [-0.05, 0) is 60.6 Å². The number of halogens is 2. The van der Waals surface area contributed by atoms with E-state index in [1.807, 2.05) is 12.1 Å². The van der Waals surface area contributed by atoms with Crippen molar-refractivity contribution in [1.82, 2.24) is 5.32 Å². The summed E-state index contributed by atoms with van der Waals surface area (Å²) in [7, 11) is 0. The number of nitrogens with one attached hydrogen (secondary N) is 1. The lowest BCUT2D eigenvalue weighted by Crippen LogP contribution is -2.42. The third kappa shape index (κ3) is 3.12. The Balaban J connectivity index is 1.80. The van der Waals surface area contributed by atoms with Crippen LogP contribution >= 0.6 is 11.6 Å². The second-order valence-corrected chi connectivity index (χ2v) is 7.81. The molecule has 1 nitrogen and oxygen atoms in total. The van der Waals surface area contributed by atoms with Gasteiger partial charge in [0, 0.05) is 12.6 Å². The molecule has 1 aromatic carbocycles. The first-order valence-corrected chi connectivity index (χ1v) is 8.54. The maximum Gasteiger partial charge on any atom is 0.141 e. The molecule has 2 saturated carbocycles. The lowest BCUT2D eigenvalue weighted by atomic mass is 9.69. The minimum atomic E-state index is -0.317. The summed E-state index contributed by atoms with van der Waals surface area (Å²) in [6.45, 7) is 5.48. The molecule has 0 saturated heterocycles. The van der Waals surface area contributed by atoms with Crippen molar-refractivity contribution >= 4 is 11.6 Å². The number of benzene rings is 1. The van der Waals surface area contributed by atoms with Gasteiger partial charge in [-0.15, -0.1) is 0 Å². The lowest BCUT2D eigenvalue weighted by Gasteiger charge is -2.39. The van der Waals surface area contributed by atoms with E-state index in [-0.39, 0.29) is 10.8 Å². The van der Waals surface area contributed by atoms with Crippen molar-refractivity contribution in [3.8, 4) is 0 Å². The minimum Gasteiger partial charge on any atom is -0.314 e. The molecule has 0 aliphatic heterocycles. The second-order valence-electron chi connectivity index (χ2n) is 7.40. The van der Waals surface area contributed by atoms with E-state index < -0.39 is 0 Å². The van der Waals surface area contributed by atoms with Gasteiger partial charge in [-0.3, -0.25) is 0 Å². The molecule has 0 amide bonds. The highest BCUT2D eigenvalue weighted by Gasteiger charge is 2.50. The molecule has 0 heterocycles. The van der Waals surface area contributed by atoms with E-state index >= 15 is 0 Å². The van der Waals surface area contributed by atoms with E-state index in [1.165, 1.54) is 37.3 Å². The van der Waals surface area contributed by atoms with Gasteiger partial charge >= 0.3 is 0 Å². The molecule has 3 atom stereocenters. The zero-order valence-electron chi connectivity index (χ0n) is 13.0. The lowest BCUT2D eigenvalue weighted by molar-refractivity contribution is 0.152. The van der Waals surface area contributed by atoms with Crippen molar-refractivity contribution < 1.29 is 4.39 Å². The van der Waals surface area contributed by atoms with E-state index in [4.69, 9.17) is 11.6 Å². The molecule has 0 spiro atoms. The maximum atomic E-state index is 13.4. The van der Waals surface area contributed by atoms with E-state index in [1.54, 1.807) is 0 Å². The molecule has 2 aliphatic carbocycles. The summed E-state index contributed by atoms with van der Waals surface area (Å²) >= 11 is 5.96. The van der Waals surface area contributed by atoms with Gasteiger partial charge in [0.05, 0.1) is 5.02 Å². The Labute approximate surface area is 132 Å². The molecule has 0 radical (unpaired) electrons. The van der Waals surface area contributed by atoms with Crippen LogP contribution in [0.3, 0.4) is 0 Å². The summed E-state index contributed by atoms with van der Waals surface area (Å²) in [6, 6.07) is 5.75. The summed E-state index contributed by atoms with van der Waals surface area (Å²) in [4.78, 5) is 0. The summed E-state index contributed by atoms with van der Waals surface area (Å²) < 4.78 is 13.4. The Morgan fingerprint density at radius 3 is 2.76 bits per heavy atom. The fourth-order valence-corrected chi connectivity index (χ4v) is 4.72. The summed E-state index contributed by atoms with van der Waals surface area (Å²) in [5.41, 5.74) is 1.52. The van der Waals surface area contributed by atoms with Crippen LogP contribution in [0.15, 0.2) is 18.2 Å². The number of rotatable bonds is 5. The number of hydrogen-bond donors (Lipinski definition) is 1. The van der Waals surface area contributed by atoms with Crippen LogP contribution in [0.1, 0.15) is 45.1 Å². The Morgan fingerprint density at radius 2 is 2.19 bits per heavy atom. The molecule has 116 valence electrons. The van der Waals surface area contributed by atoms with Gasteiger partial charge in [-0.25, -0.2) is 4.39 Å². The third-order valence-electron chi connectivity index (χ3n) is 5.51. The van der Waals surface area contributed by atoms with Crippen LogP contribution < -0.4 is 5.32 Å². The molecule has 3 heteroatoms. The van der Waals surface area contributed by atoms with Crippen LogP contribution in [0, 0.1) is 23.1 Å². The van der Waals surface area contributed by atoms with Gasteiger partial charge in [-0.1, -0.05) is 37.9 Å². The highest BCUT2D eigenvalue weighted by molar-refractivity contribution is 6.30. The molecular weight excluding hydrogens is 285 g/mol. The van der Waals surface area contributed by atoms with Crippen LogP contribution in [0.2, 0.25) is 5.02 Å². The third-order valence-corrected chi connectivity index (χ3v) is 5.79. The number of hydrogen-bond acceptors (Lipinski definition) is 1. The molecular formula is C18H25ClFN. The van der Waals surface area contributed by atoms with Crippen molar-refractivity contribution in [2.24, 2.45) is 17.3 Å². The Morgan fingerprint density at radius 1 is 1.38 bits per heavy atom. The van der Waals surface area contributed by atoms with Crippen molar-refractivity contribution in [2.75, 3.05) is 6.54 Å². The van der Waals surface area contributed by atoms with Gasteiger partial charge in [-0.2, -0.15) is 0 Å². The average molecular weight is 310 g/mol. The maximum absolute atomic E-state index is 13.4. The largest absolute Gasteiger partial charge is 0.314 e. The molecule has 2 bridgehead atoms. The van der Waals surface area contributed by atoms with E-state index in [0.717, 1.165) is 24.8 Å².